The third-order valence-electron chi connectivity index (χ3n) is 2.16. The molecule has 2 radical (unpaired) electrons. The number of aliphatic carboxylic acids is 1. The van der Waals surface area contributed by atoms with E-state index in [-0.39, 0.29) is 18.5 Å². The highest BCUT2D eigenvalue weighted by Crippen LogP contribution is 2.08. The zero-order valence-electron chi connectivity index (χ0n) is 7.16. The van der Waals surface area contributed by atoms with Crippen LogP contribution in [0.2, 0.25) is 0 Å². The molecule has 0 aromatic rings. The summed E-state index contributed by atoms with van der Waals surface area (Å²) in [5.41, 5.74) is 0. The molecule has 12 heavy (non-hydrogen) atoms. The molecule has 66 valence electrons. The number of carboxylic acids is 1. The fourth-order valence-corrected chi connectivity index (χ4v) is 1.41. The first-order valence-corrected chi connectivity index (χ1v) is 4.07. The van der Waals surface area contributed by atoms with Crippen LogP contribution in [0.3, 0.4) is 0 Å². The Balaban J connectivity index is 2.46. The van der Waals surface area contributed by atoms with Gasteiger partial charge in [-0.1, -0.05) is 0 Å². The lowest BCUT2D eigenvalue weighted by Crippen LogP contribution is -2.55. The van der Waals surface area contributed by atoms with E-state index >= 15 is 0 Å². The SMILES string of the molecule is [B]N1C(C)CNCC1CC(=O)O. The van der Waals surface area contributed by atoms with Crippen molar-refractivity contribution in [2.24, 2.45) is 0 Å². The van der Waals surface area contributed by atoms with Crippen molar-refractivity contribution in [3.8, 4) is 0 Å². The summed E-state index contributed by atoms with van der Waals surface area (Å²) in [5.74, 6) is -0.800. The molecule has 0 aliphatic carbocycles. The molecule has 0 bridgehead atoms. The maximum atomic E-state index is 10.4. The van der Waals surface area contributed by atoms with E-state index < -0.39 is 5.97 Å². The molecule has 0 spiro atoms. The number of rotatable bonds is 2. The fraction of sp³-hybridized carbons (Fsp3) is 0.857. The third-order valence-corrected chi connectivity index (χ3v) is 2.16. The van der Waals surface area contributed by atoms with Crippen molar-refractivity contribution < 1.29 is 9.90 Å². The van der Waals surface area contributed by atoms with Crippen molar-refractivity contribution >= 4 is 14.0 Å². The lowest BCUT2D eigenvalue weighted by Gasteiger charge is -2.38. The maximum Gasteiger partial charge on any atom is 0.304 e. The zero-order valence-corrected chi connectivity index (χ0v) is 7.16. The molecule has 2 N–H and O–H groups in total. The lowest BCUT2D eigenvalue weighted by atomic mass is 10.0. The Hall–Kier alpha value is -0.545. The molecule has 4 nitrogen and oxygen atoms in total. The van der Waals surface area contributed by atoms with E-state index in [9.17, 15) is 4.79 Å². The molecule has 1 aliphatic heterocycles. The molecule has 1 rings (SSSR count). The average molecular weight is 168 g/mol. The van der Waals surface area contributed by atoms with Gasteiger partial charge in [0, 0.05) is 25.2 Å². The second-order valence-electron chi connectivity index (χ2n) is 3.21. The van der Waals surface area contributed by atoms with Crippen molar-refractivity contribution in [2.75, 3.05) is 13.1 Å². The highest BCUT2D eigenvalue weighted by Gasteiger charge is 2.25. The van der Waals surface area contributed by atoms with Crippen molar-refractivity contribution in [2.45, 2.75) is 25.4 Å². The molecular weight excluding hydrogens is 155 g/mol. The van der Waals surface area contributed by atoms with Crippen molar-refractivity contribution in [3.05, 3.63) is 0 Å². The van der Waals surface area contributed by atoms with Crippen LogP contribution in [0.4, 0.5) is 0 Å². The lowest BCUT2D eigenvalue weighted by molar-refractivity contribution is -0.138. The molecule has 0 aromatic heterocycles. The second kappa shape index (κ2) is 3.91. The van der Waals surface area contributed by atoms with E-state index in [0.717, 1.165) is 6.54 Å². The van der Waals surface area contributed by atoms with Gasteiger partial charge in [-0.25, -0.2) is 0 Å². The number of nitrogens with one attached hydrogen (secondary N) is 1. The third kappa shape index (κ3) is 2.22. The smallest absolute Gasteiger partial charge is 0.304 e. The van der Waals surface area contributed by atoms with Crippen LogP contribution < -0.4 is 5.32 Å². The Morgan fingerprint density at radius 2 is 2.42 bits per heavy atom. The van der Waals surface area contributed by atoms with E-state index in [4.69, 9.17) is 13.1 Å². The molecule has 2 atom stereocenters. The highest BCUT2D eigenvalue weighted by atomic mass is 16.4. The van der Waals surface area contributed by atoms with Crippen LogP contribution in [-0.4, -0.2) is 49.0 Å². The Labute approximate surface area is 73.4 Å². The fourth-order valence-electron chi connectivity index (χ4n) is 1.41. The number of nitrogens with zero attached hydrogens (tertiary/aromatic N) is 1. The number of carboxylic acid groups (broad SMARTS) is 1. The summed E-state index contributed by atoms with van der Waals surface area (Å²) < 4.78 is 0. The van der Waals surface area contributed by atoms with Crippen LogP contribution in [0.25, 0.3) is 0 Å². The van der Waals surface area contributed by atoms with Gasteiger partial charge in [-0.3, -0.25) is 4.79 Å². The van der Waals surface area contributed by atoms with Gasteiger partial charge in [-0.2, -0.15) is 0 Å². The minimum Gasteiger partial charge on any atom is -0.481 e. The number of hydrogen-bond acceptors (Lipinski definition) is 3. The summed E-state index contributed by atoms with van der Waals surface area (Å²) in [6, 6.07) is 0.134. The summed E-state index contributed by atoms with van der Waals surface area (Å²) in [4.78, 5) is 12.0. The average Bonchev–Trinajstić information content (AvgIpc) is 1.98. The maximum absolute atomic E-state index is 10.4. The first kappa shape index (κ1) is 9.54. The van der Waals surface area contributed by atoms with Crippen LogP contribution >= 0.6 is 0 Å². The van der Waals surface area contributed by atoms with Crippen LogP contribution in [0.5, 0.6) is 0 Å². The normalized spacial score (nSPS) is 31.8. The van der Waals surface area contributed by atoms with Gasteiger partial charge in [-0.15, -0.1) is 0 Å². The predicted molar refractivity (Wildman–Crippen MR) is 46.0 cm³/mol. The molecule has 0 aromatic carbocycles. The number of carbonyl (C=O) groups is 1. The quantitative estimate of drug-likeness (QED) is 0.530. The van der Waals surface area contributed by atoms with Gasteiger partial charge in [-0.05, 0) is 6.92 Å². The summed E-state index contributed by atoms with van der Waals surface area (Å²) in [5, 5.41) is 11.7. The molecule has 1 aliphatic rings. The van der Waals surface area contributed by atoms with Gasteiger partial charge in [0.05, 0.1) is 6.42 Å². The predicted octanol–water partition coefficient (Wildman–Crippen LogP) is -0.793. The standard InChI is InChI=1S/C7H13BN2O2/c1-5-3-9-4-6(10(5)8)2-7(11)12/h5-6,9H,2-4H2,1H3,(H,11,12). The topological polar surface area (TPSA) is 52.6 Å². The molecule has 1 saturated heterocycles. The first-order valence-electron chi connectivity index (χ1n) is 4.07. The van der Waals surface area contributed by atoms with Crippen LogP contribution in [0.1, 0.15) is 13.3 Å². The van der Waals surface area contributed by atoms with E-state index in [1.807, 2.05) is 6.92 Å². The summed E-state index contributed by atoms with van der Waals surface area (Å²) in [7, 11) is 5.70. The number of hydrogen-bond donors (Lipinski definition) is 2. The van der Waals surface area contributed by atoms with Crippen LogP contribution in [0.15, 0.2) is 0 Å². The molecular formula is C7H13BN2O2. The summed E-state index contributed by atoms with van der Waals surface area (Å²) >= 11 is 0. The zero-order chi connectivity index (χ0) is 9.14. The van der Waals surface area contributed by atoms with Crippen molar-refractivity contribution in [1.82, 2.24) is 10.1 Å². The summed E-state index contributed by atoms with van der Waals surface area (Å²) in [6.07, 6.45) is 0.105. The highest BCUT2D eigenvalue weighted by molar-refractivity contribution is 6.05. The molecule has 5 heteroatoms. The molecule has 1 heterocycles. The molecule has 1 fully saturated rings. The molecule has 0 amide bonds. The van der Waals surface area contributed by atoms with Gasteiger partial charge in [0.15, 0.2) is 7.98 Å². The van der Waals surface area contributed by atoms with Crippen LogP contribution in [-0.2, 0) is 4.79 Å². The van der Waals surface area contributed by atoms with E-state index in [1.165, 1.54) is 0 Å². The van der Waals surface area contributed by atoms with Gasteiger partial charge in [0.1, 0.15) is 0 Å². The van der Waals surface area contributed by atoms with Gasteiger partial charge in [0.25, 0.3) is 0 Å². The number of piperazine rings is 1. The molecule has 2 unspecified atom stereocenters. The monoisotopic (exact) mass is 168 g/mol. The second-order valence-corrected chi connectivity index (χ2v) is 3.21. The minimum atomic E-state index is -0.800. The van der Waals surface area contributed by atoms with E-state index in [1.54, 1.807) is 4.81 Å². The van der Waals surface area contributed by atoms with Crippen molar-refractivity contribution in [3.63, 3.8) is 0 Å². The van der Waals surface area contributed by atoms with Gasteiger partial charge < -0.3 is 15.2 Å². The van der Waals surface area contributed by atoms with E-state index in [0.29, 0.717) is 6.54 Å². The van der Waals surface area contributed by atoms with Gasteiger partial charge in [0.2, 0.25) is 0 Å². The molecule has 0 saturated carbocycles. The van der Waals surface area contributed by atoms with Crippen molar-refractivity contribution in [1.29, 1.82) is 0 Å². The Bertz CT molecular complexity index is 177. The minimum absolute atomic E-state index is 0.0775. The van der Waals surface area contributed by atoms with E-state index in [2.05, 4.69) is 5.32 Å². The van der Waals surface area contributed by atoms with Crippen LogP contribution in [0, 0.1) is 0 Å². The Morgan fingerprint density at radius 1 is 1.75 bits per heavy atom. The Kier molecular flexibility index (Phi) is 3.11. The largest absolute Gasteiger partial charge is 0.481 e. The van der Waals surface area contributed by atoms with Gasteiger partial charge >= 0.3 is 5.97 Å². The first-order chi connectivity index (χ1) is 5.61. The Morgan fingerprint density at radius 3 is 3.00 bits per heavy atom. The summed E-state index contributed by atoms with van der Waals surface area (Å²) in [6.45, 7) is 3.46.